The van der Waals surface area contributed by atoms with E-state index in [0.717, 1.165) is 42.4 Å². The molecule has 0 radical (unpaired) electrons. The van der Waals surface area contributed by atoms with Gasteiger partial charge >= 0.3 is 5.97 Å². The minimum atomic E-state index is -0.964. The van der Waals surface area contributed by atoms with E-state index in [4.69, 9.17) is 0 Å². The van der Waals surface area contributed by atoms with Gasteiger partial charge in [0.15, 0.2) is 0 Å². The molecular weight excluding hydrogens is 380 g/mol. The molecule has 1 unspecified atom stereocenters. The van der Waals surface area contributed by atoms with Gasteiger partial charge in [-0.15, -0.1) is 0 Å². The van der Waals surface area contributed by atoms with Crippen LogP contribution < -0.4 is 0 Å². The number of rotatable bonds is 6. The maximum atomic E-state index is 12.6. The first-order valence-electron chi connectivity index (χ1n) is 11.1. The third-order valence-electron chi connectivity index (χ3n) is 6.64. The number of para-hydroxylation sites is 1. The monoisotopic (exact) mass is 412 g/mol. The molecule has 2 saturated heterocycles. The Morgan fingerprint density at radius 2 is 1.83 bits per heavy atom. The van der Waals surface area contributed by atoms with Crippen molar-refractivity contribution in [2.75, 3.05) is 26.2 Å². The van der Waals surface area contributed by atoms with Gasteiger partial charge in [0.25, 0.3) is 0 Å². The number of fused-ring (bicyclic) bond motifs is 1. The van der Waals surface area contributed by atoms with Crippen molar-refractivity contribution in [3.05, 3.63) is 36.0 Å². The predicted molar refractivity (Wildman–Crippen MR) is 116 cm³/mol. The minimum Gasteiger partial charge on any atom is -0.480 e. The first-order valence-corrected chi connectivity index (χ1v) is 11.1. The number of aromatic amines is 1. The Morgan fingerprint density at radius 1 is 1.13 bits per heavy atom. The van der Waals surface area contributed by atoms with Crippen molar-refractivity contribution >= 4 is 22.8 Å². The molecule has 4 rings (SSSR count). The number of hydrazine groups is 1. The number of amides is 1. The van der Waals surface area contributed by atoms with Crippen molar-refractivity contribution in [2.45, 2.75) is 57.5 Å². The highest BCUT2D eigenvalue weighted by molar-refractivity contribution is 5.86. The molecule has 3 heterocycles. The van der Waals surface area contributed by atoms with Crippen LogP contribution >= 0.6 is 0 Å². The normalized spacial score (nSPS) is 20.3. The van der Waals surface area contributed by atoms with Gasteiger partial charge in [0.05, 0.1) is 0 Å². The number of nitrogens with zero attached hydrogens (tertiary/aromatic N) is 3. The maximum Gasteiger partial charge on any atom is 0.328 e. The van der Waals surface area contributed by atoms with Crippen LogP contribution in [-0.2, 0) is 16.0 Å². The number of hydrogen-bond donors (Lipinski definition) is 2. The zero-order valence-corrected chi connectivity index (χ0v) is 17.7. The number of hydrogen-bond acceptors (Lipinski definition) is 4. The van der Waals surface area contributed by atoms with Gasteiger partial charge in [-0.25, -0.2) is 9.80 Å². The second-order valence-corrected chi connectivity index (χ2v) is 8.56. The lowest BCUT2D eigenvalue weighted by Crippen LogP contribution is -2.59. The molecule has 162 valence electrons. The van der Waals surface area contributed by atoms with Crippen LogP contribution in [0, 0.1) is 0 Å². The zero-order chi connectivity index (χ0) is 21.1. The number of piperidine rings is 2. The fourth-order valence-corrected chi connectivity index (χ4v) is 5.12. The molecule has 2 aliphatic heterocycles. The topological polar surface area (TPSA) is 79.9 Å². The van der Waals surface area contributed by atoms with E-state index < -0.39 is 12.0 Å². The van der Waals surface area contributed by atoms with Crippen LogP contribution in [0.2, 0.25) is 0 Å². The van der Waals surface area contributed by atoms with E-state index in [0.29, 0.717) is 6.04 Å². The number of carbonyl (C=O) groups excluding carboxylic acids is 1. The molecule has 7 nitrogen and oxygen atoms in total. The lowest BCUT2D eigenvalue weighted by Gasteiger charge is -2.45. The van der Waals surface area contributed by atoms with E-state index in [1.807, 2.05) is 35.5 Å². The summed E-state index contributed by atoms with van der Waals surface area (Å²) in [6.07, 6.45) is 7.96. The minimum absolute atomic E-state index is 0.210. The number of aromatic nitrogens is 1. The lowest BCUT2D eigenvalue weighted by molar-refractivity contribution is -0.170. The van der Waals surface area contributed by atoms with Crippen molar-refractivity contribution in [3.8, 4) is 0 Å². The molecule has 0 bridgehead atoms. The Morgan fingerprint density at radius 3 is 2.50 bits per heavy atom. The average molecular weight is 413 g/mol. The van der Waals surface area contributed by atoms with E-state index in [1.54, 1.807) is 0 Å². The first kappa shape index (κ1) is 20.9. The van der Waals surface area contributed by atoms with Crippen LogP contribution in [0.15, 0.2) is 30.5 Å². The van der Waals surface area contributed by atoms with Gasteiger partial charge < -0.3 is 15.0 Å². The number of likely N-dealkylation sites (tertiary alicyclic amines) is 1. The summed E-state index contributed by atoms with van der Waals surface area (Å²) in [6.45, 7) is 5.25. The van der Waals surface area contributed by atoms with Crippen LogP contribution in [0.5, 0.6) is 0 Å². The molecule has 0 aliphatic carbocycles. The number of H-pyrrole nitrogens is 1. The van der Waals surface area contributed by atoms with Crippen molar-refractivity contribution < 1.29 is 14.7 Å². The number of carboxylic acids is 1. The lowest BCUT2D eigenvalue weighted by atomic mass is 10.00. The van der Waals surface area contributed by atoms with E-state index in [2.05, 4.69) is 9.88 Å². The second-order valence-electron chi connectivity index (χ2n) is 8.56. The first-order chi connectivity index (χ1) is 14.5. The molecule has 1 aromatic heterocycles. The van der Waals surface area contributed by atoms with Gasteiger partial charge in [-0.3, -0.25) is 9.80 Å². The number of benzene rings is 1. The van der Waals surface area contributed by atoms with Gasteiger partial charge in [-0.1, -0.05) is 24.6 Å². The molecule has 2 N–H and O–H groups in total. The molecule has 1 aromatic carbocycles. The Kier molecular flexibility index (Phi) is 6.39. The molecular formula is C23H32N4O3. The van der Waals surface area contributed by atoms with Crippen molar-refractivity contribution in [1.29, 1.82) is 0 Å². The second kappa shape index (κ2) is 9.18. The summed E-state index contributed by atoms with van der Waals surface area (Å²) in [4.78, 5) is 30.6. The van der Waals surface area contributed by atoms with Crippen molar-refractivity contribution in [3.63, 3.8) is 0 Å². The third kappa shape index (κ3) is 4.37. The Bertz CT molecular complexity index is 881. The predicted octanol–water partition coefficient (Wildman–Crippen LogP) is 2.88. The van der Waals surface area contributed by atoms with Gasteiger partial charge in [0, 0.05) is 49.6 Å². The molecule has 1 atom stereocenters. The Balaban J connectivity index is 1.48. The molecule has 0 spiro atoms. The van der Waals surface area contributed by atoms with Crippen LogP contribution in [-0.4, -0.2) is 75.1 Å². The highest BCUT2D eigenvalue weighted by Crippen LogP contribution is 2.25. The van der Waals surface area contributed by atoms with Gasteiger partial charge in [-0.05, 0) is 50.4 Å². The smallest absolute Gasteiger partial charge is 0.328 e. The highest BCUT2D eigenvalue weighted by Gasteiger charge is 2.36. The summed E-state index contributed by atoms with van der Waals surface area (Å²) >= 11 is 0. The molecule has 2 aliphatic rings. The summed E-state index contributed by atoms with van der Waals surface area (Å²) in [6, 6.07) is 7.50. The summed E-state index contributed by atoms with van der Waals surface area (Å²) in [7, 11) is 0. The van der Waals surface area contributed by atoms with E-state index in [1.165, 1.54) is 44.3 Å². The van der Waals surface area contributed by atoms with Crippen molar-refractivity contribution in [2.24, 2.45) is 0 Å². The van der Waals surface area contributed by atoms with Crippen LogP contribution in [0.25, 0.3) is 10.9 Å². The zero-order valence-electron chi connectivity index (χ0n) is 17.7. The van der Waals surface area contributed by atoms with Crippen LogP contribution in [0.3, 0.4) is 0 Å². The van der Waals surface area contributed by atoms with Crippen molar-refractivity contribution in [1.82, 2.24) is 19.9 Å². The quantitative estimate of drug-likeness (QED) is 0.763. The summed E-state index contributed by atoms with van der Waals surface area (Å²) in [5.74, 6) is -1.17. The molecule has 1 amide bonds. The fraction of sp³-hybridized carbons (Fsp3) is 0.565. The van der Waals surface area contributed by atoms with Gasteiger partial charge in [0.2, 0.25) is 5.91 Å². The van der Waals surface area contributed by atoms with E-state index >= 15 is 0 Å². The number of carboxylic acid groups (broad SMARTS) is 1. The third-order valence-corrected chi connectivity index (χ3v) is 6.64. The molecule has 2 aromatic rings. The number of nitrogens with one attached hydrogen (secondary N) is 1. The summed E-state index contributed by atoms with van der Waals surface area (Å²) in [5.41, 5.74) is 1.90. The maximum absolute atomic E-state index is 12.6. The van der Waals surface area contributed by atoms with E-state index in [-0.39, 0.29) is 12.3 Å². The van der Waals surface area contributed by atoms with Crippen LogP contribution in [0.1, 0.15) is 44.6 Å². The largest absolute Gasteiger partial charge is 0.480 e. The number of carbonyl (C=O) groups is 2. The molecule has 7 heteroatoms. The average Bonchev–Trinajstić information content (AvgIpc) is 3.17. The highest BCUT2D eigenvalue weighted by atomic mass is 16.4. The Labute approximate surface area is 177 Å². The standard InChI is InChI=1S/C23H32N4O3/c1-17(28)27(26-13-9-19(10-14-26)25-11-5-2-6-12-25)22(23(29)30)15-18-16-24-21-8-4-3-7-20(18)21/h3-4,7-8,16,19,22,24H,2,5-6,9-15H2,1H3,(H,29,30). The van der Waals surface area contributed by atoms with Gasteiger partial charge in [0.1, 0.15) is 6.04 Å². The molecule has 30 heavy (non-hydrogen) atoms. The Hall–Kier alpha value is -2.38. The summed E-state index contributed by atoms with van der Waals surface area (Å²) in [5, 5.41) is 14.5. The SMILES string of the molecule is CC(=O)N(C(Cc1c[nH]c2ccccc12)C(=O)O)N1CCC(N2CCCCC2)CC1. The van der Waals surface area contributed by atoms with Crippen LogP contribution in [0.4, 0.5) is 0 Å². The molecule has 0 saturated carbocycles. The molecule has 2 fully saturated rings. The fourth-order valence-electron chi connectivity index (χ4n) is 5.12. The summed E-state index contributed by atoms with van der Waals surface area (Å²) < 4.78 is 0. The van der Waals surface area contributed by atoms with E-state index in [9.17, 15) is 14.7 Å². The number of aliphatic carboxylic acids is 1. The van der Waals surface area contributed by atoms with Gasteiger partial charge in [-0.2, -0.15) is 0 Å².